The molecule has 4 rings (SSSR count). The van der Waals surface area contributed by atoms with E-state index >= 15 is 0 Å². The van der Waals surface area contributed by atoms with Crippen molar-refractivity contribution in [1.82, 2.24) is 19.2 Å². The predicted molar refractivity (Wildman–Crippen MR) is 111 cm³/mol. The minimum absolute atomic E-state index is 0.136. The summed E-state index contributed by atoms with van der Waals surface area (Å²) < 4.78 is 29.2. The van der Waals surface area contributed by atoms with Crippen molar-refractivity contribution < 1.29 is 13.2 Å². The molecule has 9 heteroatoms. The molecule has 2 aromatic carbocycles. The Morgan fingerprint density at radius 1 is 1.21 bits per heavy atom. The van der Waals surface area contributed by atoms with Gasteiger partial charge in [0.1, 0.15) is 11.9 Å². The summed E-state index contributed by atoms with van der Waals surface area (Å²) in [6, 6.07) is 13.0. The summed E-state index contributed by atoms with van der Waals surface area (Å²) in [6.07, 6.45) is 1.12. The molecule has 1 amide bonds. The number of para-hydroxylation sites is 2. The maximum atomic E-state index is 13.0. The lowest BCUT2D eigenvalue weighted by molar-refractivity contribution is -0.124. The zero-order valence-electron chi connectivity index (χ0n) is 15.9. The average molecular weight is 433 g/mol. The van der Waals surface area contributed by atoms with Gasteiger partial charge in [0.05, 0.1) is 22.5 Å². The Morgan fingerprint density at radius 3 is 2.66 bits per heavy atom. The van der Waals surface area contributed by atoms with E-state index in [4.69, 9.17) is 11.6 Å². The lowest BCUT2D eigenvalue weighted by Gasteiger charge is -2.23. The first kappa shape index (κ1) is 19.9. The van der Waals surface area contributed by atoms with Crippen molar-refractivity contribution in [3.63, 3.8) is 0 Å². The lowest BCUT2D eigenvalue weighted by Crippen LogP contribution is -2.45. The molecule has 3 aromatic rings. The normalized spacial score (nSPS) is 17.7. The van der Waals surface area contributed by atoms with Crippen molar-refractivity contribution in [3.8, 4) is 0 Å². The number of nitrogens with one attached hydrogen (secondary N) is 1. The number of carbonyl (C=O) groups is 1. The van der Waals surface area contributed by atoms with Crippen molar-refractivity contribution in [2.45, 2.75) is 30.3 Å². The number of amides is 1. The monoisotopic (exact) mass is 432 g/mol. The van der Waals surface area contributed by atoms with Gasteiger partial charge in [-0.15, -0.1) is 0 Å². The second kappa shape index (κ2) is 7.78. The third kappa shape index (κ3) is 3.75. The number of hydrogen-bond donors (Lipinski definition) is 1. The molecular formula is C20H21ClN4O3S. The number of imidazole rings is 1. The van der Waals surface area contributed by atoms with Gasteiger partial charge in [0.15, 0.2) is 0 Å². The van der Waals surface area contributed by atoms with Crippen LogP contribution in [0.4, 0.5) is 0 Å². The molecule has 0 aliphatic carbocycles. The summed E-state index contributed by atoms with van der Waals surface area (Å²) in [4.78, 5) is 17.5. The first-order chi connectivity index (χ1) is 13.9. The molecule has 1 N–H and O–H groups in total. The van der Waals surface area contributed by atoms with Crippen LogP contribution in [0, 0.1) is 0 Å². The van der Waals surface area contributed by atoms with E-state index in [2.05, 4.69) is 10.3 Å². The summed E-state index contributed by atoms with van der Waals surface area (Å²) in [5, 5.41) is 3.32. The molecular weight excluding hydrogens is 412 g/mol. The van der Waals surface area contributed by atoms with Gasteiger partial charge in [0.2, 0.25) is 15.9 Å². The number of hydrogen-bond acceptors (Lipinski definition) is 4. The van der Waals surface area contributed by atoms with E-state index in [0.717, 1.165) is 11.0 Å². The molecule has 0 radical (unpaired) electrons. The number of nitrogens with zero attached hydrogens (tertiary/aromatic N) is 3. The number of fused-ring (bicyclic) bond motifs is 1. The highest BCUT2D eigenvalue weighted by Gasteiger charge is 2.39. The summed E-state index contributed by atoms with van der Waals surface area (Å²) in [7, 11) is -1.88. The van der Waals surface area contributed by atoms with E-state index in [9.17, 15) is 13.2 Å². The lowest BCUT2D eigenvalue weighted by atomic mass is 10.2. The van der Waals surface area contributed by atoms with Gasteiger partial charge in [-0.05, 0) is 49.2 Å². The number of benzene rings is 2. The Balaban J connectivity index is 1.50. The summed E-state index contributed by atoms with van der Waals surface area (Å²) >= 11 is 5.86. The van der Waals surface area contributed by atoms with E-state index in [1.807, 2.05) is 35.9 Å². The minimum atomic E-state index is -3.77. The molecule has 0 saturated carbocycles. The summed E-state index contributed by atoms with van der Waals surface area (Å²) in [6.45, 7) is 0.546. The van der Waals surface area contributed by atoms with Crippen LogP contribution in [0.3, 0.4) is 0 Å². The minimum Gasteiger partial charge on any atom is -0.347 e. The zero-order chi connectivity index (χ0) is 20.6. The highest BCUT2D eigenvalue weighted by Crippen LogP contribution is 2.27. The van der Waals surface area contributed by atoms with E-state index in [-0.39, 0.29) is 17.3 Å². The molecule has 1 aliphatic heterocycles. The molecule has 0 unspecified atom stereocenters. The Hall–Kier alpha value is -2.42. The van der Waals surface area contributed by atoms with Crippen LogP contribution in [-0.2, 0) is 28.4 Å². The first-order valence-corrected chi connectivity index (χ1v) is 11.1. The van der Waals surface area contributed by atoms with Gasteiger partial charge < -0.3 is 9.88 Å². The van der Waals surface area contributed by atoms with Gasteiger partial charge in [-0.1, -0.05) is 23.7 Å². The van der Waals surface area contributed by atoms with Gasteiger partial charge in [0, 0.05) is 18.6 Å². The first-order valence-electron chi connectivity index (χ1n) is 9.33. The molecule has 7 nitrogen and oxygen atoms in total. The van der Waals surface area contributed by atoms with Gasteiger partial charge in [-0.2, -0.15) is 4.31 Å². The second-order valence-electron chi connectivity index (χ2n) is 7.02. The molecule has 1 aliphatic rings. The molecule has 152 valence electrons. The van der Waals surface area contributed by atoms with E-state index in [1.54, 1.807) is 0 Å². The van der Waals surface area contributed by atoms with Crippen LogP contribution in [0.15, 0.2) is 53.4 Å². The van der Waals surface area contributed by atoms with Crippen molar-refractivity contribution in [3.05, 3.63) is 59.4 Å². The van der Waals surface area contributed by atoms with Crippen LogP contribution >= 0.6 is 11.6 Å². The van der Waals surface area contributed by atoms with Gasteiger partial charge in [-0.3, -0.25) is 4.79 Å². The number of sulfonamides is 1. The molecule has 0 bridgehead atoms. The molecule has 1 fully saturated rings. The third-order valence-corrected chi connectivity index (χ3v) is 7.40. The van der Waals surface area contributed by atoms with Gasteiger partial charge >= 0.3 is 0 Å². The number of carbonyl (C=O) groups excluding carboxylic acids is 1. The topological polar surface area (TPSA) is 84.3 Å². The van der Waals surface area contributed by atoms with Crippen molar-refractivity contribution in [2.24, 2.45) is 7.05 Å². The summed E-state index contributed by atoms with van der Waals surface area (Å²) in [5.41, 5.74) is 1.83. The van der Waals surface area contributed by atoms with Crippen LogP contribution in [0.1, 0.15) is 18.7 Å². The number of aryl methyl sites for hydroxylation is 1. The second-order valence-corrected chi connectivity index (χ2v) is 9.35. The Morgan fingerprint density at radius 2 is 1.93 bits per heavy atom. The molecule has 1 aromatic heterocycles. The number of halogens is 1. The molecule has 2 heterocycles. The fourth-order valence-corrected chi connectivity index (χ4v) is 5.45. The van der Waals surface area contributed by atoms with Crippen LogP contribution in [0.5, 0.6) is 0 Å². The van der Waals surface area contributed by atoms with Crippen LogP contribution in [0.25, 0.3) is 11.0 Å². The Kier molecular flexibility index (Phi) is 5.33. The Bertz CT molecular complexity index is 1160. The summed E-state index contributed by atoms with van der Waals surface area (Å²) in [5.74, 6) is 0.400. The van der Waals surface area contributed by atoms with Crippen LogP contribution in [-0.4, -0.2) is 40.8 Å². The van der Waals surface area contributed by atoms with Crippen LogP contribution in [0.2, 0.25) is 5.02 Å². The SMILES string of the molecule is Cn1c(CNC(=O)[C@@H]2CCCN2S(=O)(=O)c2ccc(Cl)cc2)nc2ccccc21. The molecule has 29 heavy (non-hydrogen) atoms. The number of rotatable bonds is 5. The quantitative estimate of drug-likeness (QED) is 0.671. The maximum absolute atomic E-state index is 13.0. The predicted octanol–water partition coefficient (Wildman–Crippen LogP) is 2.70. The van der Waals surface area contributed by atoms with E-state index < -0.39 is 16.1 Å². The fourth-order valence-electron chi connectivity index (χ4n) is 3.67. The highest BCUT2D eigenvalue weighted by atomic mass is 35.5. The molecule has 0 spiro atoms. The van der Waals surface area contributed by atoms with Gasteiger partial charge in [0.25, 0.3) is 0 Å². The van der Waals surface area contributed by atoms with Crippen LogP contribution < -0.4 is 5.32 Å². The maximum Gasteiger partial charge on any atom is 0.243 e. The largest absolute Gasteiger partial charge is 0.347 e. The van der Waals surface area contributed by atoms with E-state index in [0.29, 0.717) is 30.2 Å². The fraction of sp³-hybridized carbons (Fsp3) is 0.300. The number of aromatic nitrogens is 2. The average Bonchev–Trinajstić information content (AvgIpc) is 3.33. The van der Waals surface area contributed by atoms with Crippen molar-refractivity contribution in [2.75, 3.05) is 6.54 Å². The van der Waals surface area contributed by atoms with E-state index in [1.165, 1.54) is 28.6 Å². The highest BCUT2D eigenvalue weighted by molar-refractivity contribution is 7.89. The smallest absolute Gasteiger partial charge is 0.243 e. The molecule has 1 saturated heterocycles. The Labute approximate surface area is 174 Å². The van der Waals surface area contributed by atoms with Crippen molar-refractivity contribution >= 4 is 38.6 Å². The third-order valence-electron chi connectivity index (χ3n) is 5.23. The standard InChI is InChI=1S/C20H21ClN4O3S/c1-24-17-6-3-2-5-16(17)23-19(24)13-22-20(26)18-7-4-12-25(18)29(27,28)15-10-8-14(21)9-11-15/h2-3,5-6,8-11,18H,4,7,12-13H2,1H3,(H,22,26)/t18-/m0/s1. The zero-order valence-corrected chi connectivity index (χ0v) is 17.4. The van der Waals surface area contributed by atoms with Gasteiger partial charge in [-0.25, -0.2) is 13.4 Å². The van der Waals surface area contributed by atoms with Crippen molar-refractivity contribution in [1.29, 1.82) is 0 Å². The molecule has 1 atom stereocenters.